The van der Waals surface area contributed by atoms with Crippen molar-refractivity contribution in [2.24, 2.45) is 5.92 Å². The number of nitrogens with zero attached hydrogens (tertiary/aromatic N) is 1. The Kier molecular flexibility index (Phi) is 8.12. The van der Waals surface area contributed by atoms with Gasteiger partial charge < -0.3 is 20.4 Å². The van der Waals surface area contributed by atoms with Gasteiger partial charge in [-0.3, -0.25) is 4.79 Å². The average molecular weight is 300 g/mol. The van der Waals surface area contributed by atoms with E-state index in [9.17, 15) is 14.7 Å². The molecule has 0 radical (unpaired) electrons. The van der Waals surface area contributed by atoms with Crippen LogP contribution in [0.2, 0.25) is 0 Å². The van der Waals surface area contributed by atoms with Gasteiger partial charge in [0, 0.05) is 26.2 Å². The molecule has 0 aromatic rings. The third kappa shape index (κ3) is 6.33. The van der Waals surface area contributed by atoms with Crippen LogP contribution in [0.1, 0.15) is 51.4 Å². The summed E-state index contributed by atoms with van der Waals surface area (Å²) < 4.78 is 0. The summed E-state index contributed by atoms with van der Waals surface area (Å²) in [6, 6.07) is -0.463. The van der Waals surface area contributed by atoms with Crippen LogP contribution in [0.3, 0.4) is 0 Å². The first kappa shape index (κ1) is 17.8. The highest BCUT2D eigenvalue weighted by molar-refractivity contribution is 5.76. The maximum Gasteiger partial charge on any atom is 0.317 e. The highest BCUT2D eigenvalue weighted by Gasteiger charge is 2.31. The van der Waals surface area contributed by atoms with Crippen LogP contribution in [0, 0.1) is 5.92 Å². The first-order valence-corrected chi connectivity index (χ1v) is 7.91. The van der Waals surface area contributed by atoms with E-state index in [-0.39, 0.29) is 18.7 Å². The van der Waals surface area contributed by atoms with Crippen LogP contribution in [0.5, 0.6) is 0 Å². The molecule has 2 atom stereocenters. The van der Waals surface area contributed by atoms with Gasteiger partial charge in [-0.05, 0) is 32.1 Å². The van der Waals surface area contributed by atoms with E-state index in [0.29, 0.717) is 13.0 Å². The minimum atomic E-state index is -0.812. The molecule has 1 aliphatic carbocycles. The maximum absolute atomic E-state index is 12.1. The van der Waals surface area contributed by atoms with Gasteiger partial charge in [-0.25, -0.2) is 4.79 Å². The molecule has 6 nitrogen and oxygen atoms in total. The van der Waals surface area contributed by atoms with Crippen LogP contribution >= 0.6 is 0 Å². The summed E-state index contributed by atoms with van der Waals surface area (Å²) in [4.78, 5) is 25.1. The molecule has 0 aliphatic heterocycles. The Labute approximate surface area is 126 Å². The number of hydrogen-bond acceptors (Lipinski definition) is 3. The summed E-state index contributed by atoms with van der Waals surface area (Å²) >= 11 is 0. The predicted octanol–water partition coefficient (Wildman–Crippen LogP) is 1.82. The van der Waals surface area contributed by atoms with E-state index in [1.165, 1.54) is 0 Å². The molecular formula is C15H28N2O4. The highest BCUT2D eigenvalue weighted by Crippen LogP contribution is 2.24. The molecule has 1 aliphatic rings. The van der Waals surface area contributed by atoms with Gasteiger partial charge in [0.25, 0.3) is 0 Å². The van der Waals surface area contributed by atoms with Crippen molar-refractivity contribution in [3.63, 3.8) is 0 Å². The number of aliphatic hydroxyl groups excluding tert-OH is 1. The molecule has 1 saturated carbocycles. The molecule has 0 aromatic heterocycles. The highest BCUT2D eigenvalue weighted by atomic mass is 16.4. The first-order chi connectivity index (χ1) is 10.1. The second-order valence-corrected chi connectivity index (χ2v) is 5.84. The predicted molar refractivity (Wildman–Crippen MR) is 80.1 cm³/mol. The van der Waals surface area contributed by atoms with Crippen molar-refractivity contribution >= 4 is 12.0 Å². The molecule has 0 heterocycles. The van der Waals surface area contributed by atoms with Crippen LogP contribution in [0.15, 0.2) is 0 Å². The zero-order chi connectivity index (χ0) is 15.7. The first-order valence-electron chi connectivity index (χ1n) is 7.91. The van der Waals surface area contributed by atoms with E-state index in [4.69, 9.17) is 5.11 Å². The average Bonchev–Trinajstić information content (AvgIpc) is 2.68. The topological polar surface area (TPSA) is 89.9 Å². The Morgan fingerprint density at radius 3 is 2.52 bits per heavy atom. The summed E-state index contributed by atoms with van der Waals surface area (Å²) in [6.45, 7) is 0.800. The molecule has 0 aromatic carbocycles. The lowest BCUT2D eigenvalue weighted by Crippen LogP contribution is -2.48. The third-order valence-electron chi connectivity index (χ3n) is 4.14. The van der Waals surface area contributed by atoms with E-state index in [1.807, 2.05) is 0 Å². The van der Waals surface area contributed by atoms with Gasteiger partial charge in [-0.2, -0.15) is 0 Å². The van der Waals surface area contributed by atoms with Crippen LogP contribution in [0.25, 0.3) is 0 Å². The minimum absolute atomic E-state index is 0.179. The summed E-state index contributed by atoms with van der Waals surface area (Å²) in [5.74, 6) is -1.29. The third-order valence-corrected chi connectivity index (χ3v) is 4.14. The van der Waals surface area contributed by atoms with Gasteiger partial charge in [0.05, 0.1) is 5.92 Å². The van der Waals surface area contributed by atoms with Gasteiger partial charge in [0.2, 0.25) is 0 Å². The molecule has 1 fully saturated rings. The molecule has 3 N–H and O–H groups in total. The van der Waals surface area contributed by atoms with Crippen molar-refractivity contribution in [2.75, 3.05) is 20.2 Å². The number of carbonyl (C=O) groups is 2. The molecule has 0 bridgehead atoms. The number of aliphatic hydroxyl groups is 1. The lowest BCUT2D eigenvalue weighted by molar-refractivity contribution is -0.142. The van der Waals surface area contributed by atoms with E-state index >= 15 is 0 Å². The van der Waals surface area contributed by atoms with Crippen molar-refractivity contribution < 1.29 is 19.8 Å². The monoisotopic (exact) mass is 300 g/mol. The number of hydrogen-bond donors (Lipinski definition) is 3. The van der Waals surface area contributed by atoms with Crippen LogP contribution < -0.4 is 5.32 Å². The summed E-state index contributed by atoms with van der Waals surface area (Å²) in [5.41, 5.74) is 0. The molecular weight excluding hydrogens is 272 g/mol. The number of carbonyl (C=O) groups excluding carboxylic acids is 1. The Morgan fingerprint density at radius 1 is 1.14 bits per heavy atom. The number of carboxylic acids is 1. The van der Waals surface area contributed by atoms with Gasteiger partial charge in [0.15, 0.2) is 0 Å². The van der Waals surface area contributed by atoms with E-state index in [0.717, 1.165) is 44.9 Å². The molecule has 2 amide bonds. The lowest BCUT2D eigenvalue weighted by Gasteiger charge is -2.26. The number of rotatable bonds is 7. The summed E-state index contributed by atoms with van der Waals surface area (Å²) in [6.07, 6.45) is 6.77. The minimum Gasteiger partial charge on any atom is -0.481 e. The van der Waals surface area contributed by atoms with Crippen molar-refractivity contribution in [1.29, 1.82) is 0 Å². The number of urea groups is 1. The van der Waals surface area contributed by atoms with Crippen molar-refractivity contribution in [3.8, 4) is 0 Å². The number of carboxylic acid groups (broad SMARTS) is 1. The smallest absolute Gasteiger partial charge is 0.317 e. The molecule has 6 heteroatoms. The molecule has 0 saturated heterocycles. The van der Waals surface area contributed by atoms with Gasteiger partial charge in [-0.15, -0.1) is 0 Å². The van der Waals surface area contributed by atoms with Crippen LogP contribution in [0.4, 0.5) is 4.79 Å². The van der Waals surface area contributed by atoms with E-state index in [1.54, 1.807) is 11.9 Å². The fourth-order valence-corrected chi connectivity index (χ4v) is 2.78. The van der Waals surface area contributed by atoms with Crippen molar-refractivity contribution in [2.45, 2.75) is 57.4 Å². The van der Waals surface area contributed by atoms with Crippen LogP contribution in [-0.2, 0) is 4.79 Å². The molecule has 2 unspecified atom stereocenters. The maximum atomic E-state index is 12.1. The molecule has 122 valence electrons. The fraction of sp³-hybridized carbons (Fsp3) is 0.867. The van der Waals surface area contributed by atoms with Gasteiger partial charge in [-0.1, -0.05) is 19.3 Å². The van der Waals surface area contributed by atoms with Crippen LogP contribution in [-0.4, -0.2) is 53.4 Å². The zero-order valence-corrected chi connectivity index (χ0v) is 12.9. The number of unbranched alkanes of at least 4 members (excludes halogenated alkanes) is 2. The van der Waals surface area contributed by atoms with E-state index in [2.05, 4.69) is 5.32 Å². The van der Waals surface area contributed by atoms with E-state index < -0.39 is 11.9 Å². The number of amides is 2. The Balaban J connectivity index is 2.44. The summed E-state index contributed by atoms with van der Waals surface area (Å²) in [7, 11) is 1.72. The van der Waals surface area contributed by atoms with Gasteiger partial charge in [0.1, 0.15) is 0 Å². The normalized spacial score (nSPS) is 22.4. The Hall–Kier alpha value is -1.30. The molecule has 0 spiro atoms. The van der Waals surface area contributed by atoms with Gasteiger partial charge >= 0.3 is 12.0 Å². The zero-order valence-electron chi connectivity index (χ0n) is 12.9. The SMILES string of the molecule is CN(CCCCCO)C(=O)NC1CCCCCC1C(=O)O. The van der Waals surface area contributed by atoms with Crippen molar-refractivity contribution in [1.82, 2.24) is 10.2 Å². The second kappa shape index (κ2) is 9.60. The number of aliphatic carboxylic acids is 1. The van der Waals surface area contributed by atoms with Crippen molar-refractivity contribution in [3.05, 3.63) is 0 Å². The Bertz CT molecular complexity index is 336. The second-order valence-electron chi connectivity index (χ2n) is 5.84. The largest absolute Gasteiger partial charge is 0.481 e. The number of nitrogens with one attached hydrogen (secondary N) is 1. The quantitative estimate of drug-likeness (QED) is 0.494. The summed E-state index contributed by atoms with van der Waals surface area (Å²) in [5, 5.41) is 20.9. The Morgan fingerprint density at radius 2 is 1.86 bits per heavy atom. The standard InChI is InChI=1S/C15H28N2O4/c1-17(10-6-3-7-11-18)15(21)16-13-9-5-2-4-8-12(13)14(19)20/h12-13,18H,2-11H2,1H3,(H,16,21)(H,19,20). The molecule has 1 rings (SSSR count). The molecule has 21 heavy (non-hydrogen) atoms. The fourth-order valence-electron chi connectivity index (χ4n) is 2.78. The lowest BCUT2D eigenvalue weighted by atomic mass is 9.95.